The molecule has 142 valence electrons. The summed E-state index contributed by atoms with van der Waals surface area (Å²) < 4.78 is 0. The Morgan fingerprint density at radius 2 is 1.92 bits per heavy atom. The highest BCUT2D eigenvalue weighted by molar-refractivity contribution is 5.89. The van der Waals surface area contributed by atoms with Gasteiger partial charge in [0, 0.05) is 42.9 Å². The van der Waals surface area contributed by atoms with Crippen LogP contribution in [0.1, 0.15) is 39.5 Å². The molecule has 8 heteroatoms. The molecule has 8 nitrogen and oxygen atoms in total. The maximum absolute atomic E-state index is 12.4. The van der Waals surface area contributed by atoms with Crippen molar-refractivity contribution < 1.29 is 14.5 Å². The summed E-state index contributed by atoms with van der Waals surface area (Å²) in [5.74, 6) is 0.283. The molecule has 1 aliphatic heterocycles. The van der Waals surface area contributed by atoms with E-state index in [4.69, 9.17) is 0 Å². The third kappa shape index (κ3) is 5.18. The largest absolute Gasteiger partial charge is 0.342 e. The summed E-state index contributed by atoms with van der Waals surface area (Å²) in [7, 11) is 0. The molecule has 1 saturated heterocycles. The van der Waals surface area contributed by atoms with Crippen molar-refractivity contribution in [1.29, 1.82) is 0 Å². The normalized spacial score (nSPS) is 15.0. The lowest BCUT2D eigenvalue weighted by molar-refractivity contribution is -0.384. The fraction of sp³-hybridized carbons (Fsp3) is 0.556. The topological polar surface area (TPSA) is 105 Å². The van der Waals surface area contributed by atoms with Crippen LogP contribution in [0.25, 0.3) is 0 Å². The first-order valence-electron chi connectivity index (χ1n) is 9.05. The van der Waals surface area contributed by atoms with E-state index in [-0.39, 0.29) is 23.6 Å². The first kappa shape index (κ1) is 19.7. The molecule has 1 aromatic carbocycles. The quantitative estimate of drug-likeness (QED) is 0.599. The first-order chi connectivity index (χ1) is 12.4. The average Bonchev–Trinajstić information content (AvgIpc) is 2.63. The minimum absolute atomic E-state index is 0.0144. The minimum Gasteiger partial charge on any atom is -0.342 e. The van der Waals surface area contributed by atoms with E-state index in [1.54, 1.807) is 6.07 Å². The molecule has 0 saturated carbocycles. The van der Waals surface area contributed by atoms with Crippen molar-refractivity contribution in [3.63, 3.8) is 0 Å². The van der Waals surface area contributed by atoms with Crippen LogP contribution in [0, 0.1) is 16.0 Å². The van der Waals surface area contributed by atoms with Crippen LogP contribution in [0.2, 0.25) is 0 Å². The first-order valence-corrected chi connectivity index (χ1v) is 9.05. The molecule has 0 spiro atoms. The Morgan fingerprint density at radius 3 is 2.50 bits per heavy atom. The lowest BCUT2D eigenvalue weighted by Gasteiger charge is -2.34. The average molecular weight is 362 g/mol. The van der Waals surface area contributed by atoms with Gasteiger partial charge in [0.25, 0.3) is 5.69 Å². The molecule has 26 heavy (non-hydrogen) atoms. The Morgan fingerprint density at radius 1 is 1.27 bits per heavy atom. The second-order valence-electron chi connectivity index (χ2n) is 6.52. The number of carbonyl (C=O) groups is 2. The lowest BCUT2D eigenvalue weighted by Crippen LogP contribution is -2.48. The number of nitro groups is 1. The maximum atomic E-state index is 12.4. The van der Waals surface area contributed by atoms with Crippen molar-refractivity contribution in [2.24, 2.45) is 5.92 Å². The molecule has 1 fully saturated rings. The number of carbonyl (C=O) groups excluding carboxylic acids is 2. The zero-order valence-corrected chi connectivity index (χ0v) is 15.2. The van der Waals surface area contributed by atoms with Gasteiger partial charge in [-0.2, -0.15) is 0 Å². The number of benzene rings is 1. The van der Waals surface area contributed by atoms with Crippen LogP contribution in [-0.2, 0) is 4.79 Å². The number of non-ortho nitro benzene ring substituents is 1. The molecule has 2 N–H and O–H groups in total. The number of anilines is 1. The van der Waals surface area contributed by atoms with E-state index < -0.39 is 11.0 Å². The van der Waals surface area contributed by atoms with Gasteiger partial charge in [-0.05, 0) is 31.7 Å². The van der Waals surface area contributed by atoms with E-state index in [0.29, 0.717) is 31.6 Å². The summed E-state index contributed by atoms with van der Waals surface area (Å²) in [6, 6.07) is 5.40. The molecule has 1 aliphatic rings. The molecule has 0 aliphatic carbocycles. The Balaban J connectivity index is 1.82. The molecule has 1 heterocycles. The number of amides is 3. The minimum atomic E-state index is -0.504. The van der Waals surface area contributed by atoms with Gasteiger partial charge in [-0.3, -0.25) is 14.9 Å². The van der Waals surface area contributed by atoms with Crippen LogP contribution < -0.4 is 10.6 Å². The van der Waals surface area contributed by atoms with Gasteiger partial charge in [-0.15, -0.1) is 0 Å². The molecule has 1 aromatic rings. The molecule has 0 bridgehead atoms. The number of hydrogen-bond donors (Lipinski definition) is 2. The number of piperidine rings is 1. The van der Waals surface area contributed by atoms with Crippen LogP contribution in [0.5, 0.6) is 0 Å². The van der Waals surface area contributed by atoms with Crippen LogP contribution >= 0.6 is 0 Å². The van der Waals surface area contributed by atoms with Crippen molar-refractivity contribution in [2.75, 3.05) is 18.4 Å². The van der Waals surface area contributed by atoms with Crippen LogP contribution in [0.4, 0.5) is 16.2 Å². The number of nitrogens with one attached hydrogen (secondary N) is 2. The van der Waals surface area contributed by atoms with Crippen molar-refractivity contribution in [3.05, 3.63) is 34.4 Å². The number of rotatable bonds is 6. The van der Waals surface area contributed by atoms with Crippen molar-refractivity contribution in [2.45, 2.75) is 45.6 Å². The number of nitro benzene ring substituents is 1. The highest BCUT2D eigenvalue weighted by Crippen LogP contribution is 2.19. The molecular weight excluding hydrogens is 336 g/mol. The van der Waals surface area contributed by atoms with Crippen molar-refractivity contribution in [3.8, 4) is 0 Å². The number of likely N-dealkylation sites (tertiary alicyclic amines) is 1. The van der Waals surface area contributed by atoms with E-state index >= 15 is 0 Å². The Kier molecular flexibility index (Phi) is 6.94. The van der Waals surface area contributed by atoms with Gasteiger partial charge in [0.1, 0.15) is 0 Å². The third-order valence-corrected chi connectivity index (χ3v) is 4.79. The summed E-state index contributed by atoms with van der Waals surface area (Å²) in [5.41, 5.74) is 0.300. The highest BCUT2D eigenvalue weighted by Gasteiger charge is 2.27. The fourth-order valence-electron chi connectivity index (χ4n) is 3.19. The molecule has 2 rings (SSSR count). The third-order valence-electron chi connectivity index (χ3n) is 4.79. The summed E-state index contributed by atoms with van der Waals surface area (Å²) in [4.78, 5) is 36.7. The summed E-state index contributed by atoms with van der Waals surface area (Å²) in [6.45, 7) is 5.32. The Hall–Kier alpha value is -2.64. The Labute approximate surface area is 153 Å². The predicted molar refractivity (Wildman–Crippen MR) is 98.9 cm³/mol. The predicted octanol–water partition coefficient (Wildman–Crippen LogP) is 3.14. The van der Waals surface area contributed by atoms with Gasteiger partial charge < -0.3 is 15.5 Å². The van der Waals surface area contributed by atoms with Gasteiger partial charge in [0.15, 0.2) is 0 Å². The van der Waals surface area contributed by atoms with Crippen LogP contribution in [0.15, 0.2) is 24.3 Å². The lowest BCUT2D eigenvalue weighted by atomic mass is 9.98. The molecule has 0 aromatic heterocycles. The van der Waals surface area contributed by atoms with E-state index in [1.165, 1.54) is 18.2 Å². The number of urea groups is 1. The summed E-state index contributed by atoms with van der Waals surface area (Å²) in [6.07, 6.45) is 3.10. The van der Waals surface area contributed by atoms with Crippen molar-refractivity contribution >= 4 is 23.3 Å². The SMILES string of the molecule is CCC(CC)C(=O)N1CCC(NC(=O)Nc2cccc([N+](=O)[O-])c2)CC1. The summed E-state index contributed by atoms with van der Waals surface area (Å²) >= 11 is 0. The van der Waals surface area contributed by atoms with Crippen LogP contribution in [0.3, 0.4) is 0 Å². The van der Waals surface area contributed by atoms with Gasteiger partial charge in [0.2, 0.25) is 5.91 Å². The number of hydrogen-bond acceptors (Lipinski definition) is 4. The van der Waals surface area contributed by atoms with Crippen molar-refractivity contribution in [1.82, 2.24) is 10.2 Å². The van der Waals surface area contributed by atoms with E-state index in [0.717, 1.165) is 12.8 Å². The van der Waals surface area contributed by atoms with Gasteiger partial charge in [-0.1, -0.05) is 19.9 Å². The zero-order valence-electron chi connectivity index (χ0n) is 15.2. The second kappa shape index (κ2) is 9.17. The summed E-state index contributed by atoms with van der Waals surface area (Å²) in [5, 5.41) is 16.3. The fourth-order valence-corrected chi connectivity index (χ4v) is 3.19. The zero-order chi connectivity index (χ0) is 19.1. The highest BCUT2D eigenvalue weighted by atomic mass is 16.6. The van der Waals surface area contributed by atoms with E-state index in [9.17, 15) is 19.7 Å². The second-order valence-corrected chi connectivity index (χ2v) is 6.52. The molecule has 0 unspecified atom stereocenters. The monoisotopic (exact) mass is 362 g/mol. The standard InChI is InChI=1S/C18H26N4O4/c1-3-13(4-2)17(23)21-10-8-14(9-11-21)19-18(24)20-15-6-5-7-16(12-15)22(25)26/h5-7,12-14H,3-4,8-11H2,1-2H3,(H2,19,20,24). The van der Waals surface area contributed by atoms with Gasteiger partial charge >= 0.3 is 6.03 Å². The molecule has 0 atom stereocenters. The van der Waals surface area contributed by atoms with Gasteiger partial charge in [0.05, 0.1) is 4.92 Å². The number of nitrogens with zero attached hydrogens (tertiary/aromatic N) is 2. The van der Waals surface area contributed by atoms with E-state index in [1.807, 2.05) is 18.7 Å². The van der Waals surface area contributed by atoms with Crippen LogP contribution in [-0.4, -0.2) is 40.9 Å². The molecular formula is C18H26N4O4. The smallest absolute Gasteiger partial charge is 0.319 e. The molecule has 0 radical (unpaired) electrons. The van der Waals surface area contributed by atoms with Gasteiger partial charge in [-0.25, -0.2) is 4.79 Å². The Bertz CT molecular complexity index is 652. The molecule has 3 amide bonds. The van der Waals surface area contributed by atoms with E-state index in [2.05, 4.69) is 10.6 Å². The maximum Gasteiger partial charge on any atom is 0.319 e.